The van der Waals surface area contributed by atoms with Crippen molar-refractivity contribution in [1.82, 2.24) is 15.0 Å². The van der Waals surface area contributed by atoms with Crippen LogP contribution in [0.25, 0.3) is 11.1 Å². The number of carbonyl (C=O) groups is 2. The molecule has 0 spiro atoms. The Kier molecular flexibility index (Phi) is 15.6. The number of hydrogen-bond acceptors (Lipinski definition) is 11. The Labute approximate surface area is 270 Å². The zero-order valence-corrected chi connectivity index (χ0v) is 27.7. The van der Waals surface area contributed by atoms with E-state index in [0.717, 1.165) is 22.5 Å². The van der Waals surface area contributed by atoms with Gasteiger partial charge in [0.05, 0.1) is 22.9 Å². The summed E-state index contributed by atoms with van der Waals surface area (Å²) in [5.74, 6) is 0.914. The first-order valence-corrected chi connectivity index (χ1v) is 16.5. The van der Waals surface area contributed by atoms with Gasteiger partial charge in [0.25, 0.3) is 0 Å². The van der Waals surface area contributed by atoms with Crippen molar-refractivity contribution in [2.24, 2.45) is 4.36 Å². The van der Waals surface area contributed by atoms with E-state index in [1.807, 2.05) is 52.1 Å². The summed E-state index contributed by atoms with van der Waals surface area (Å²) in [6.45, 7) is 7.62. The molecular formula is C32H42N8O5S. The fourth-order valence-electron chi connectivity index (χ4n) is 3.64. The Bertz CT molecular complexity index is 1630. The number of aliphatic hydroxyl groups excluding tert-OH is 1. The van der Waals surface area contributed by atoms with E-state index in [2.05, 4.69) is 40.6 Å². The molecule has 2 amide bonds. The van der Waals surface area contributed by atoms with Crippen molar-refractivity contribution in [3.05, 3.63) is 79.3 Å². The topological polar surface area (TPSA) is 180 Å². The molecule has 246 valence electrons. The molecule has 5 N–H and O–H groups in total. The Morgan fingerprint density at radius 3 is 2.22 bits per heavy atom. The van der Waals surface area contributed by atoms with Crippen LogP contribution >= 0.6 is 0 Å². The summed E-state index contributed by atoms with van der Waals surface area (Å²) in [4.78, 5) is 34.7. The second-order valence-corrected chi connectivity index (χ2v) is 11.5. The minimum absolute atomic E-state index is 0.0560. The zero-order chi connectivity index (χ0) is 34.0. The lowest BCUT2D eigenvalue weighted by molar-refractivity contribution is -0.105. The third kappa shape index (κ3) is 11.8. The van der Waals surface area contributed by atoms with Crippen molar-refractivity contribution >= 4 is 51.1 Å². The highest BCUT2D eigenvalue weighted by atomic mass is 32.2. The molecule has 4 rings (SSSR count). The van der Waals surface area contributed by atoms with Crippen molar-refractivity contribution in [3.63, 3.8) is 0 Å². The molecule has 0 fully saturated rings. The largest absolute Gasteiger partial charge is 0.448 e. The number of aromatic nitrogens is 3. The maximum absolute atomic E-state index is 12.8. The normalized spacial score (nSPS) is 11.9. The van der Waals surface area contributed by atoms with Crippen LogP contribution < -0.4 is 21.3 Å². The average molecular weight is 651 g/mol. The van der Waals surface area contributed by atoms with Crippen LogP contribution in [-0.4, -0.2) is 69.3 Å². The molecule has 0 bridgehead atoms. The number of pyridine rings is 1. The van der Waals surface area contributed by atoms with Crippen molar-refractivity contribution in [1.29, 1.82) is 0 Å². The highest BCUT2D eigenvalue weighted by Gasteiger charge is 2.14. The standard InChI is InChI=1S/C24H30N6O4S.C6H6N2O.C2H6/c1-5-34-24(32)30-35(4,33)20-12-10-19(11-13-20)28-23-26-14-21(22(29-23)27-16(2)15-31)17-6-8-18(25-3)9-7-17;9-5-8-6-1-3-7-4-2-6;1-2/h6-14,16,25,31H,5,15H2,1-4H3,(H2,26,27,28,29);1-5H,(H,7,8,9);1-2H3/t16-,35?;;/m1../s1. The lowest BCUT2D eigenvalue weighted by atomic mass is 10.1. The Morgan fingerprint density at radius 1 is 1.02 bits per heavy atom. The molecule has 13 nitrogen and oxygen atoms in total. The maximum Gasteiger partial charge on any atom is 0.442 e. The number of anilines is 5. The van der Waals surface area contributed by atoms with Gasteiger partial charge < -0.3 is 31.1 Å². The van der Waals surface area contributed by atoms with E-state index < -0.39 is 15.8 Å². The summed E-state index contributed by atoms with van der Waals surface area (Å²) in [7, 11) is -1.08. The van der Waals surface area contributed by atoms with Crippen molar-refractivity contribution in [2.75, 3.05) is 47.8 Å². The van der Waals surface area contributed by atoms with E-state index in [4.69, 9.17) is 4.74 Å². The molecule has 2 atom stereocenters. The Balaban J connectivity index is 0.000000569. The molecule has 0 aliphatic rings. The molecule has 1 unspecified atom stereocenters. The van der Waals surface area contributed by atoms with Gasteiger partial charge in [0.15, 0.2) is 0 Å². The van der Waals surface area contributed by atoms with E-state index in [9.17, 15) is 18.9 Å². The number of nitrogens with zero attached hydrogens (tertiary/aromatic N) is 4. The lowest BCUT2D eigenvalue weighted by Gasteiger charge is -2.17. The summed E-state index contributed by atoms with van der Waals surface area (Å²) in [6, 6.07) is 17.7. The van der Waals surface area contributed by atoms with Crippen molar-refractivity contribution in [2.45, 2.75) is 38.6 Å². The van der Waals surface area contributed by atoms with Gasteiger partial charge in [-0.15, -0.1) is 4.36 Å². The molecule has 2 aromatic heterocycles. The molecule has 0 saturated carbocycles. The van der Waals surface area contributed by atoms with Gasteiger partial charge in [-0.05, 0) is 67.9 Å². The van der Waals surface area contributed by atoms with E-state index in [-0.39, 0.29) is 19.3 Å². The third-order valence-corrected chi connectivity index (χ3v) is 7.54. The monoisotopic (exact) mass is 650 g/mol. The van der Waals surface area contributed by atoms with E-state index in [1.54, 1.807) is 61.9 Å². The van der Waals surface area contributed by atoms with Crippen LogP contribution in [0.5, 0.6) is 0 Å². The van der Waals surface area contributed by atoms with Crippen LogP contribution in [0.3, 0.4) is 0 Å². The molecular weight excluding hydrogens is 608 g/mol. The first kappa shape index (κ1) is 37.1. The fraction of sp³-hybridized carbons (Fsp3) is 0.281. The zero-order valence-electron chi connectivity index (χ0n) is 26.9. The quantitative estimate of drug-likeness (QED) is 0.120. The second-order valence-electron chi connectivity index (χ2n) is 9.25. The number of aliphatic hydroxyl groups is 1. The fourth-order valence-corrected chi connectivity index (χ4v) is 4.72. The second kappa shape index (κ2) is 19.3. The van der Waals surface area contributed by atoms with Gasteiger partial charge in [0, 0.05) is 65.5 Å². The Hall–Kier alpha value is -5.08. The third-order valence-electron chi connectivity index (χ3n) is 5.90. The summed E-state index contributed by atoms with van der Waals surface area (Å²) in [6.07, 6.45) is 6.11. The predicted molar refractivity (Wildman–Crippen MR) is 184 cm³/mol. The minimum Gasteiger partial charge on any atom is -0.448 e. The number of ether oxygens (including phenoxy) is 1. The number of carbonyl (C=O) groups excluding carboxylic acids is 2. The summed E-state index contributed by atoms with van der Waals surface area (Å²) in [5, 5.41) is 21.4. The molecule has 0 aliphatic carbocycles. The maximum atomic E-state index is 12.8. The highest BCUT2D eigenvalue weighted by molar-refractivity contribution is 7.93. The number of amides is 2. The van der Waals surface area contributed by atoms with Gasteiger partial charge in [-0.1, -0.05) is 26.0 Å². The molecule has 46 heavy (non-hydrogen) atoms. The summed E-state index contributed by atoms with van der Waals surface area (Å²) >= 11 is 0. The van der Waals surface area contributed by atoms with Crippen LogP contribution in [0, 0.1) is 0 Å². The number of hydrogen-bond donors (Lipinski definition) is 5. The van der Waals surface area contributed by atoms with Gasteiger partial charge in [0.1, 0.15) is 5.82 Å². The van der Waals surface area contributed by atoms with Gasteiger partial charge in [0.2, 0.25) is 12.4 Å². The van der Waals surface area contributed by atoms with Crippen LogP contribution in [0.1, 0.15) is 27.7 Å². The molecule has 0 aliphatic heterocycles. The van der Waals surface area contributed by atoms with Gasteiger partial charge in [-0.2, -0.15) is 4.98 Å². The van der Waals surface area contributed by atoms with E-state index >= 15 is 0 Å². The van der Waals surface area contributed by atoms with E-state index in [1.165, 1.54) is 6.26 Å². The first-order valence-electron chi connectivity index (χ1n) is 14.6. The first-order chi connectivity index (χ1) is 22.2. The predicted octanol–water partition coefficient (Wildman–Crippen LogP) is 6.01. The number of benzene rings is 2. The molecule has 0 radical (unpaired) electrons. The van der Waals surface area contributed by atoms with Crippen LogP contribution in [-0.2, 0) is 19.3 Å². The number of nitrogens with one attached hydrogen (secondary N) is 4. The Morgan fingerprint density at radius 2 is 1.65 bits per heavy atom. The van der Waals surface area contributed by atoms with Crippen molar-refractivity contribution < 1.29 is 23.6 Å². The number of rotatable bonds is 11. The van der Waals surface area contributed by atoms with Gasteiger partial charge in [-0.25, -0.2) is 14.0 Å². The average Bonchev–Trinajstić information content (AvgIpc) is 3.07. The highest BCUT2D eigenvalue weighted by Crippen LogP contribution is 2.29. The summed E-state index contributed by atoms with van der Waals surface area (Å²) < 4.78 is 21.2. The SMILES string of the molecule is CC.CCOC(=O)N=S(C)(=O)c1ccc(Nc2ncc(-c3ccc(NC)cc3)c(N[C@H](C)CO)n2)cc1.O=CNc1ccncc1. The summed E-state index contributed by atoms with van der Waals surface area (Å²) in [5.41, 5.74) is 4.13. The van der Waals surface area contributed by atoms with Crippen LogP contribution in [0.4, 0.5) is 33.6 Å². The lowest BCUT2D eigenvalue weighted by Crippen LogP contribution is -2.21. The van der Waals surface area contributed by atoms with Gasteiger partial charge in [-0.3, -0.25) is 9.78 Å². The van der Waals surface area contributed by atoms with Crippen LogP contribution in [0.15, 0.2) is 88.5 Å². The minimum atomic E-state index is -2.93. The molecule has 4 aromatic rings. The van der Waals surface area contributed by atoms with Gasteiger partial charge >= 0.3 is 6.09 Å². The van der Waals surface area contributed by atoms with E-state index in [0.29, 0.717) is 28.8 Å². The molecule has 0 saturated heterocycles. The smallest absolute Gasteiger partial charge is 0.442 e. The van der Waals surface area contributed by atoms with Crippen LogP contribution in [0.2, 0.25) is 0 Å². The molecule has 2 heterocycles. The molecule has 2 aromatic carbocycles. The molecule has 14 heteroatoms. The van der Waals surface area contributed by atoms with Crippen molar-refractivity contribution in [3.8, 4) is 11.1 Å².